The molecule has 0 radical (unpaired) electrons. The van der Waals surface area contributed by atoms with Gasteiger partial charge in [-0.25, -0.2) is 0 Å². The van der Waals surface area contributed by atoms with Gasteiger partial charge in [-0.15, -0.1) is 0 Å². The summed E-state index contributed by atoms with van der Waals surface area (Å²) >= 11 is 0. The van der Waals surface area contributed by atoms with Gasteiger partial charge in [-0.3, -0.25) is 4.79 Å². The van der Waals surface area contributed by atoms with Crippen molar-refractivity contribution in [2.75, 3.05) is 19.6 Å². The number of allylic oxidation sites excluding steroid dienone is 6. The van der Waals surface area contributed by atoms with Gasteiger partial charge in [-0.2, -0.15) is 0 Å². The summed E-state index contributed by atoms with van der Waals surface area (Å²) in [5.74, 6) is 0.257. The molecule has 4 heteroatoms. The van der Waals surface area contributed by atoms with Gasteiger partial charge in [-0.05, 0) is 13.0 Å². The summed E-state index contributed by atoms with van der Waals surface area (Å²) in [5, 5.41) is 9.72. The molecule has 0 aromatic carbocycles. The minimum Gasteiger partial charge on any atom is -0.503 e. The van der Waals surface area contributed by atoms with Gasteiger partial charge in [0.15, 0.2) is 5.76 Å². The van der Waals surface area contributed by atoms with Gasteiger partial charge in [0.1, 0.15) is 0 Å². The van der Waals surface area contributed by atoms with Crippen LogP contribution in [-0.4, -0.2) is 46.4 Å². The van der Waals surface area contributed by atoms with E-state index in [0.29, 0.717) is 12.0 Å². The lowest BCUT2D eigenvalue weighted by molar-refractivity contribution is -0.120. The van der Waals surface area contributed by atoms with Crippen molar-refractivity contribution in [3.8, 4) is 0 Å². The number of carbonyl (C=O) groups is 1. The quantitative estimate of drug-likeness (QED) is 0.800. The second-order valence-corrected chi connectivity index (χ2v) is 6.41. The van der Waals surface area contributed by atoms with Crippen LogP contribution >= 0.6 is 0 Å². The summed E-state index contributed by atoms with van der Waals surface area (Å²) in [4.78, 5) is 16.6. The van der Waals surface area contributed by atoms with Gasteiger partial charge in [0, 0.05) is 49.9 Å². The van der Waals surface area contributed by atoms with Crippen LogP contribution in [0.25, 0.3) is 0 Å². The number of aliphatic hydroxyl groups is 1. The van der Waals surface area contributed by atoms with Crippen molar-refractivity contribution in [3.63, 3.8) is 0 Å². The molecular weight excluding hydrogens is 264 g/mol. The van der Waals surface area contributed by atoms with Crippen LogP contribution in [0.5, 0.6) is 0 Å². The van der Waals surface area contributed by atoms with Crippen molar-refractivity contribution >= 4 is 5.78 Å². The average Bonchev–Trinajstić information content (AvgIpc) is 3.21. The van der Waals surface area contributed by atoms with E-state index in [-0.39, 0.29) is 17.5 Å². The smallest absolute Gasteiger partial charge is 0.204 e. The molecule has 0 aromatic rings. The maximum absolute atomic E-state index is 12.0. The highest BCUT2D eigenvalue weighted by Crippen LogP contribution is 2.49. The first-order chi connectivity index (χ1) is 10.1. The van der Waals surface area contributed by atoms with E-state index >= 15 is 0 Å². The molecule has 0 spiro atoms. The number of nitrogens with zero attached hydrogens (tertiary/aromatic N) is 2. The fourth-order valence-corrected chi connectivity index (χ4v) is 3.86. The molecule has 0 aromatic heterocycles. The van der Waals surface area contributed by atoms with Crippen LogP contribution in [-0.2, 0) is 4.79 Å². The van der Waals surface area contributed by atoms with Crippen molar-refractivity contribution in [3.05, 3.63) is 47.5 Å². The Hall–Kier alpha value is -1.97. The predicted octanol–water partition coefficient (Wildman–Crippen LogP) is 1.99. The number of fused-ring (bicyclic) bond motifs is 1. The molecule has 3 atom stereocenters. The molecule has 1 saturated heterocycles. The lowest BCUT2D eigenvalue weighted by Crippen LogP contribution is -2.35. The van der Waals surface area contributed by atoms with Crippen molar-refractivity contribution in [1.29, 1.82) is 0 Å². The van der Waals surface area contributed by atoms with Gasteiger partial charge in [0.05, 0.1) is 5.92 Å². The van der Waals surface area contributed by atoms with Crippen molar-refractivity contribution in [2.45, 2.75) is 19.4 Å². The molecule has 4 rings (SSSR count). The van der Waals surface area contributed by atoms with Crippen LogP contribution in [0.4, 0.5) is 0 Å². The largest absolute Gasteiger partial charge is 0.503 e. The van der Waals surface area contributed by atoms with Gasteiger partial charge in [-0.1, -0.05) is 23.8 Å². The van der Waals surface area contributed by atoms with E-state index in [1.165, 1.54) is 11.3 Å². The zero-order chi connectivity index (χ0) is 14.6. The van der Waals surface area contributed by atoms with E-state index < -0.39 is 0 Å². The van der Waals surface area contributed by atoms with Crippen LogP contribution in [0.3, 0.4) is 0 Å². The summed E-state index contributed by atoms with van der Waals surface area (Å²) in [5.41, 5.74) is 2.62. The zero-order valence-corrected chi connectivity index (χ0v) is 12.2. The standard InChI is InChI=1S/C17H20N2O2/c1-11-3-2-4-12(6-5-11)18-7-8-19-10-14(20)17(21)15-13(9-18)16(15)19/h2-5,10,13,15-16,20H,6-9H2,1H3/t13-,15?,16?/m0/s1. The maximum atomic E-state index is 12.0. The Kier molecular flexibility index (Phi) is 2.74. The molecule has 4 aliphatic rings. The molecule has 2 aliphatic heterocycles. The number of carbonyl (C=O) groups excluding carboxylic acids is 1. The normalized spacial score (nSPS) is 34.4. The molecule has 0 amide bonds. The summed E-state index contributed by atoms with van der Waals surface area (Å²) in [6.07, 6.45) is 11.3. The van der Waals surface area contributed by atoms with E-state index in [1.807, 2.05) is 0 Å². The topological polar surface area (TPSA) is 43.8 Å². The Balaban J connectivity index is 1.56. The van der Waals surface area contributed by atoms with E-state index in [1.54, 1.807) is 6.20 Å². The third-order valence-corrected chi connectivity index (χ3v) is 5.10. The van der Waals surface area contributed by atoms with Crippen molar-refractivity contribution in [1.82, 2.24) is 9.80 Å². The van der Waals surface area contributed by atoms with Crippen LogP contribution in [0.2, 0.25) is 0 Å². The Morgan fingerprint density at radius 1 is 1.33 bits per heavy atom. The Labute approximate surface area is 124 Å². The van der Waals surface area contributed by atoms with E-state index in [0.717, 1.165) is 26.1 Å². The predicted molar refractivity (Wildman–Crippen MR) is 80.4 cm³/mol. The molecule has 2 aliphatic carbocycles. The molecule has 1 saturated carbocycles. The van der Waals surface area contributed by atoms with Crippen LogP contribution < -0.4 is 0 Å². The number of Topliss-reactive ketones (excluding diaryl/α,β-unsaturated/α-hetero) is 1. The van der Waals surface area contributed by atoms with Crippen molar-refractivity contribution < 1.29 is 9.90 Å². The number of aliphatic hydroxyl groups excluding tert-OH is 1. The zero-order valence-electron chi connectivity index (χ0n) is 12.2. The lowest BCUT2D eigenvalue weighted by atomic mass is 10.1. The molecule has 2 fully saturated rings. The fourth-order valence-electron chi connectivity index (χ4n) is 3.86. The Morgan fingerprint density at radius 2 is 2.19 bits per heavy atom. The lowest BCUT2D eigenvalue weighted by Gasteiger charge is -2.29. The Bertz CT molecular complexity index is 612. The number of rotatable bonds is 1. The first kappa shape index (κ1) is 12.7. The third-order valence-electron chi connectivity index (χ3n) is 5.10. The highest BCUT2D eigenvalue weighted by Gasteiger charge is 2.61. The minimum absolute atomic E-state index is 0.0111. The number of ketones is 1. The van der Waals surface area contributed by atoms with E-state index in [4.69, 9.17) is 0 Å². The first-order valence-electron chi connectivity index (χ1n) is 7.65. The molecule has 4 nitrogen and oxygen atoms in total. The maximum Gasteiger partial charge on any atom is 0.204 e. The highest BCUT2D eigenvalue weighted by molar-refractivity contribution is 5.99. The number of hydrogen-bond acceptors (Lipinski definition) is 4. The number of hydrogen-bond donors (Lipinski definition) is 1. The summed E-state index contributed by atoms with van der Waals surface area (Å²) < 4.78 is 0. The van der Waals surface area contributed by atoms with Crippen molar-refractivity contribution in [2.24, 2.45) is 11.8 Å². The van der Waals surface area contributed by atoms with E-state index in [9.17, 15) is 9.90 Å². The van der Waals surface area contributed by atoms with Gasteiger partial charge < -0.3 is 14.9 Å². The molecule has 0 bridgehead atoms. The summed E-state index contributed by atoms with van der Waals surface area (Å²) in [6.45, 7) is 4.86. The average molecular weight is 284 g/mol. The molecule has 21 heavy (non-hydrogen) atoms. The molecule has 1 N–H and O–H groups in total. The Morgan fingerprint density at radius 3 is 3.05 bits per heavy atom. The SMILES string of the molecule is CC1=CCC(N2CCN3C=C(O)C(=O)C4C3[C@H]4C2)=CC=C1. The molecule has 110 valence electrons. The van der Waals surface area contributed by atoms with E-state index in [2.05, 4.69) is 41.0 Å². The van der Waals surface area contributed by atoms with Gasteiger partial charge >= 0.3 is 0 Å². The monoisotopic (exact) mass is 284 g/mol. The van der Waals surface area contributed by atoms with Crippen LogP contribution in [0.15, 0.2) is 47.5 Å². The first-order valence-corrected chi connectivity index (χ1v) is 7.65. The summed E-state index contributed by atoms with van der Waals surface area (Å²) in [6, 6.07) is 0.317. The molecule has 2 heterocycles. The van der Waals surface area contributed by atoms with Crippen LogP contribution in [0.1, 0.15) is 13.3 Å². The minimum atomic E-state index is -0.0615. The third kappa shape index (κ3) is 2.01. The fraction of sp³-hybridized carbons (Fsp3) is 0.471. The molecular formula is C17H20N2O2. The summed E-state index contributed by atoms with van der Waals surface area (Å²) in [7, 11) is 0. The molecule has 2 unspecified atom stereocenters. The highest BCUT2D eigenvalue weighted by atomic mass is 16.3. The second-order valence-electron chi connectivity index (χ2n) is 6.41. The van der Waals surface area contributed by atoms with Gasteiger partial charge in [0.25, 0.3) is 0 Å². The van der Waals surface area contributed by atoms with Crippen LogP contribution in [0, 0.1) is 11.8 Å². The second kappa shape index (κ2) is 4.52. The van der Waals surface area contributed by atoms with Gasteiger partial charge in [0.2, 0.25) is 5.78 Å².